The molecular weight excluding hydrogens is 325 g/mol. The van der Waals surface area contributed by atoms with Gasteiger partial charge in [0, 0.05) is 37.5 Å². The molecule has 0 N–H and O–H groups in total. The van der Waals surface area contributed by atoms with Crippen molar-refractivity contribution in [3.8, 4) is 0 Å². The molecule has 0 saturated carbocycles. The van der Waals surface area contributed by atoms with Gasteiger partial charge in [0.15, 0.2) is 0 Å². The van der Waals surface area contributed by atoms with Crippen molar-refractivity contribution in [2.75, 3.05) is 19.6 Å². The zero-order chi connectivity index (χ0) is 16.4. The zero-order valence-corrected chi connectivity index (χ0v) is 13.8. The predicted molar refractivity (Wildman–Crippen MR) is 83.2 cm³/mol. The minimum absolute atomic E-state index is 0.237. The molecule has 1 unspecified atom stereocenters. The largest absolute Gasteiger partial charge is 0.417 e. The Kier molecular flexibility index (Phi) is 4.96. The number of carbonyl (C=O) groups excluding carboxylic acids is 1. The van der Waals surface area contributed by atoms with Crippen LogP contribution in [0.25, 0.3) is 0 Å². The second kappa shape index (κ2) is 6.81. The van der Waals surface area contributed by atoms with Crippen LogP contribution in [0, 0.1) is 0 Å². The van der Waals surface area contributed by atoms with Crippen molar-refractivity contribution in [1.29, 1.82) is 0 Å². The molecule has 1 atom stereocenters. The monoisotopic (exact) mass is 346 g/mol. The summed E-state index contributed by atoms with van der Waals surface area (Å²) >= 11 is 1.11. The minimum atomic E-state index is -4.27. The Bertz CT molecular complexity index is 558. The fourth-order valence-electron chi connectivity index (χ4n) is 3.60. The number of carbonyl (C=O) groups is 1. The van der Waals surface area contributed by atoms with Crippen molar-refractivity contribution in [2.45, 2.75) is 50.9 Å². The van der Waals surface area contributed by atoms with Gasteiger partial charge in [-0.3, -0.25) is 9.69 Å². The van der Waals surface area contributed by atoms with Crippen molar-refractivity contribution in [1.82, 2.24) is 9.80 Å². The van der Waals surface area contributed by atoms with Crippen LogP contribution in [0.1, 0.15) is 43.2 Å². The normalized spacial score (nSPS) is 24.2. The van der Waals surface area contributed by atoms with Crippen molar-refractivity contribution < 1.29 is 18.0 Å². The predicted octanol–water partition coefficient (Wildman–Crippen LogP) is 3.74. The Morgan fingerprint density at radius 3 is 2.65 bits per heavy atom. The zero-order valence-electron chi connectivity index (χ0n) is 12.9. The first-order valence-electron chi connectivity index (χ1n) is 8.09. The van der Waals surface area contributed by atoms with Crippen LogP contribution < -0.4 is 0 Å². The Morgan fingerprint density at radius 2 is 1.96 bits per heavy atom. The Hall–Kier alpha value is -1.08. The number of alkyl halides is 3. The molecule has 0 radical (unpaired) electrons. The van der Waals surface area contributed by atoms with Crippen molar-refractivity contribution in [3.05, 3.63) is 21.9 Å². The van der Waals surface area contributed by atoms with Gasteiger partial charge in [-0.2, -0.15) is 24.5 Å². The van der Waals surface area contributed by atoms with Gasteiger partial charge in [0.2, 0.25) is 5.91 Å². The molecule has 0 spiro atoms. The third-order valence-corrected chi connectivity index (χ3v) is 5.57. The molecule has 7 heteroatoms. The van der Waals surface area contributed by atoms with Gasteiger partial charge in [-0.15, -0.1) is 0 Å². The van der Waals surface area contributed by atoms with Gasteiger partial charge in [-0.1, -0.05) is 0 Å². The molecule has 2 saturated heterocycles. The maximum Gasteiger partial charge on any atom is 0.417 e. The number of thiophene rings is 1. The molecule has 0 bridgehead atoms. The number of rotatable bonds is 3. The summed E-state index contributed by atoms with van der Waals surface area (Å²) in [5.41, 5.74) is -0.129. The number of halogens is 3. The lowest BCUT2D eigenvalue weighted by molar-refractivity contribution is -0.138. The van der Waals surface area contributed by atoms with E-state index in [9.17, 15) is 18.0 Å². The summed E-state index contributed by atoms with van der Waals surface area (Å²) in [5.74, 6) is 0.237. The molecule has 1 amide bonds. The topological polar surface area (TPSA) is 23.6 Å². The van der Waals surface area contributed by atoms with Gasteiger partial charge in [0.25, 0.3) is 0 Å². The molecule has 2 aliphatic rings. The first-order chi connectivity index (χ1) is 10.9. The Labute approximate surface area is 138 Å². The molecule has 3 heterocycles. The van der Waals surface area contributed by atoms with E-state index in [1.54, 1.807) is 5.38 Å². The summed E-state index contributed by atoms with van der Waals surface area (Å²) in [7, 11) is 0. The number of hydrogen-bond donors (Lipinski definition) is 0. The first-order valence-corrected chi connectivity index (χ1v) is 9.03. The molecule has 3 nitrogen and oxygen atoms in total. The highest BCUT2D eigenvalue weighted by atomic mass is 32.1. The van der Waals surface area contributed by atoms with Crippen LogP contribution in [0.5, 0.6) is 0 Å². The van der Waals surface area contributed by atoms with E-state index in [0.29, 0.717) is 18.5 Å². The van der Waals surface area contributed by atoms with Crippen LogP contribution >= 0.6 is 11.3 Å². The van der Waals surface area contributed by atoms with Crippen LogP contribution in [-0.4, -0.2) is 41.4 Å². The molecule has 128 valence electrons. The molecular formula is C16H21F3N2OS. The van der Waals surface area contributed by atoms with Crippen LogP contribution in [0.15, 0.2) is 10.8 Å². The molecule has 2 fully saturated rings. The van der Waals surface area contributed by atoms with E-state index in [0.717, 1.165) is 56.7 Å². The summed E-state index contributed by atoms with van der Waals surface area (Å²) in [6.07, 6.45) is 0.0494. The summed E-state index contributed by atoms with van der Waals surface area (Å²) in [5, 5.41) is 2.80. The lowest BCUT2D eigenvalue weighted by Gasteiger charge is -2.27. The fourth-order valence-corrected chi connectivity index (χ4v) is 4.45. The Morgan fingerprint density at radius 1 is 1.13 bits per heavy atom. The smallest absolute Gasteiger partial charge is 0.340 e. The SMILES string of the molecule is O=C1CCCN1C1CCCN(Cc2cscc2C(F)(F)F)CC1. The van der Waals surface area contributed by atoms with Crippen molar-refractivity contribution >= 4 is 17.2 Å². The van der Waals surface area contributed by atoms with E-state index in [4.69, 9.17) is 0 Å². The average molecular weight is 346 g/mol. The van der Waals surface area contributed by atoms with E-state index in [1.165, 1.54) is 5.38 Å². The fraction of sp³-hybridized carbons (Fsp3) is 0.688. The second-order valence-electron chi connectivity index (χ2n) is 6.36. The summed E-state index contributed by atoms with van der Waals surface area (Å²) < 4.78 is 38.9. The summed E-state index contributed by atoms with van der Waals surface area (Å²) in [6.45, 7) is 2.73. The van der Waals surface area contributed by atoms with Crippen molar-refractivity contribution in [2.24, 2.45) is 0 Å². The quantitative estimate of drug-likeness (QED) is 0.832. The van der Waals surface area contributed by atoms with Gasteiger partial charge in [0.05, 0.1) is 5.56 Å². The molecule has 0 aliphatic carbocycles. The highest BCUT2D eigenvalue weighted by Gasteiger charge is 2.35. The number of likely N-dealkylation sites (tertiary alicyclic amines) is 2. The number of hydrogen-bond acceptors (Lipinski definition) is 3. The molecule has 2 aliphatic heterocycles. The molecule has 1 aromatic heterocycles. The molecule has 3 rings (SSSR count). The highest BCUT2D eigenvalue weighted by Crippen LogP contribution is 2.35. The lowest BCUT2D eigenvalue weighted by Crippen LogP contribution is -2.37. The summed E-state index contributed by atoms with van der Waals surface area (Å²) in [6, 6.07) is 0.263. The molecule has 1 aromatic rings. The van der Waals surface area contributed by atoms with E-state index in [2.05, 4.69) is 4.90 Å². The maximum atomic E-state index is 13.0. The van der Waals surface area contributed by atoms with E-state index in [1.807, 2.05) is 4.90 Å². The number of amides is 1. The average Bonchev–Trinajstić information content (AvgIpc) is 3.04. The second-order valence-corrected chi connectivity index (χ2v) is 7.10. The third kappa shape index (κ3) is 3.88. The third-order valence-electron chi connectivity index (χ3n) is 4.78. The van der Waals surface area contributed by atoms with Gasteiger partial charge < -0.3 is 4.90 Å². The van der Waals surface area contributed by atoms with E-state index in [-0.39, 0.29) is 11.9 Å². The van der Waals surface area contributed by atoms with Crippen molar-refractivity contribution in [3.63, 3.8) is 0 Å². The van der Waals surface area contributed by atoms with Gasteiger partial charge in [-0.05, 0) is 43.2 Å². The molecule has 23 heavy (non-hydrogen) atoms. The lowest BCUT2D eigenvalue weighted by atomic mass is 10.1. The van der Waals surface area contributed by atoms with Gasteiger partial charge >= 0.3 is 6.18 Å². The van der Waals surface area contributed by atoms with E-state index >= 15 is 0 Å². The Balaban J connectivity index is 1.61. The van der Waals surface area contributed by atoms with Gasteiger partial charge in [-0.25, -0.2) is 0 Å². The van der Waals surface area contributed by atoms with Gasteiger partial charge in [0.1, 0.15) is 0 Å². The number of nitrogens with zero attached hydrogens (tertiary/aromatic N) is 2. The van der Waals surface area contributed by atoms with Crippen LogP contribution in [0.2, 0.25) is 0 Å². The minimum Gasteiger partial charge on any atom is -0.340 e. The molecule has 0 aromatic carbocycles. The van der Waals surface area contributed by atoms with E-state index < -0.39 is 11.7 Å². The highest BCUT2D eigenvalue weighted by molar-refractivity contribution is 7.08. The first kappa shape index (κ1) is 16.8. The van der Waals surface area contributed by atoms with Crippen LogP contribution in [-0.2, 0) is 17.5 Å². The summed E-state index contributed by atoms with van der Waals surface area (Å²) in [4.78, 5) is 15.9. The van der Waals surface area contributed by atoms with Crippen LogP contribution in [0.3, 0.4) is 0 Å². The maximum absolute atomic E-state index is 13.0. The standard InChI is InChI=1S/C16H21F3N2OS/c17-16(18,19)14-11-23-10-12(14)9-20-6-1-3-13(5-8-20)21-7-2-4-15(21)22/h10-11,13H,1-9H2. The van der Waals surface area contributed by atoms with Crippen LogP contribution in [0.4, 0.5) is 13.2 Å².